The minimum atomic E-state index is 0.608. The van der Waals surface area contributed by atoms with Crippen LogP contribution in [-0.2, 0) is 6.42 Å². The minimum absolute atomic E-state index is 0.608. The van der Waals surface area contributed by atoms with Gasteiger partial charge in [0.15, 0.2) is 0 Å². The maximum absolute atomic E-state index is 2.35. The quantitative estimate of drug-likeness (QED) is 0.643. The maximum Gasteiger partial charge on any atom is -0.0216 e. The van der Waals surface area contributed by atoms with Gasteiger partial charge in [0, 0.05) is 0 Å². The highest BCUT2D eigenvalue weighted by Crippen LogP contribution is 2.24. The fraction of sp³-hybridized carbons (Fsp3) is 0.500. The zero-order valence-corrected chi connectivity index (χ0v) is 11.1. The van der Waals surface area contributed by atoms with E-state index >= 15 is 0 Å². The lowest BCUT2D eigenvalue weighted by Crippen LogP contribution is -1.94. The molecule has 1 rings (SSSR count). The van der Waals surface area contributed by atoms with Gasteiger partial charge < -0.3 is 0 Å². The summed E-state index contributed by atoms with van der Waals surface area (Å²) in [5, 5.41) is 0. The second-order valence-electron chi connectivity index (χ2n) is 4.67. The molecule has 0 aliphatic carbocycles. The fourth-order valence-electron chi connectivity index (χ4n) is 2.06. The molecule has 0 spiro atoms. The molecule has 0 saturated carbocycles. The molecule has 0 heteroatoms. The van der Waals surface area contributed by atoms with Gasteiger partial charge in [0.05, 0.1) is 0 Å². The van der Waals surface area contributed by atoms with Crippen molar-refractivity contribution < 1.29 is 0 Å². The summed E-state index contributed by atoms with van der Waals surface area (Å²) in [5.41, 5.74) is 4.31. The van der Waals surface area contributed by atoms with Gasteiger partial charge in [-0.25, -0.2) is 0 Å². The van der Waals surface area contributed by atoms with Crippen LogP contribution in [-0.4, -0.2) is 0 Å². The molecular weight excluding hydrogens is 192 g/mol. The third kappa shape index (κ3) is 3.52. The van der Waals surface area contributed by atoms with Gasteiger partial charge in [-0.15, -0.1) is 0 Å². The van der Waals surface area contributed by atoms with Crippen LogP contribution in [0.4, 0.5) is 0 Å². The van der Waals surface area contributed by atoms with E-state index in [1.54, 1.807) is 0 Å². The first-order chi connectivity index (χ1) is 7.69. The standard InChI is InChI=1S/C16H24/c1-5-7-14-9-11-15(12-10-14)16(8-6-2)13(3)4/h8-13H,5-7H2,1-4H3. The fourth-order valence-corrected chi connectivity index (χ4v) is 2.06. The zero-order valence-electron chi connectivity index (χ0n) is 11.1. The lowest BCUT2D eigenvalue weighted by molar-refractivity contribution is 0.850. The van der Waals surface area contributed by atoms with Crippen LogP contribution in [0.5, 0.6) is 0 Å². The van der Waals surface area contributed by atoms with Crippen molar-refractivity contribution in [2.24, 2.45) is 5.92 Å². The molecule has 0 aromatic heterocycles. The van der Waals surface area contributed by atoms with Crippen molar-refractivity contribution in [2.75, 3.05) is 0 Å². The SMILES string of the molecule is CCC=C(c1ccc(CCC)cc1)C(C)C. The van der Waals surface area contributed by atoms with Crippen LogP contribution in [0.15, 0.2) is 30.3 Å². The van der Waals surface area contributed by atoms with Crippen LogP contribution in [0.1, 0.15) is 51.7 Å². The maximum atomic E-state index is 2.35. The second kappa shape index (κ2) is 6.52. The van der Waals surface area contributed by atoms with E-state index < -0.39 is 0 Å². The summed E-state index contributed by atoms with van der Waals surface area (Å²) in [6, 6.07) is 9.08. The number of hydrogen-bond donors (Lipinski definition) is 0. The van der Waals surface area contributed by atoms with Crippen molar-refractivity contribution in [1.82, 2.24) is 0 Å². The Hall–Kier alpha value is -1.04. The summed E-state index contributed by atoms with van der Waals surface area (Å²) in [6.45, 7) is 8.96. The molecule has 88 valence electrons. The number of allylic oxidation sites excluding steroid dienone is 2. The molecule has 0 N–H and O–H groups in total. The van der Waals surface area contributed by atoms with E-state index in [1.807, 2.05) is 0 Å². The normalized spacial score (nSPS) is 12.2. The molecule has 0 nitrogen and oxygen atoms in total. The minimum Gasteiger partial charge on any atom is -0.0807 e. The first-order valence-electron chi connectivity index (χ1n) is 6.48. The zero-order chi connectivity index (χ0) is 12.0. The van der Waals surface area contributed by atoms with Gasteiger partial charge >= 0.3 is 0 Å². The Morgan fingerprint density at radius 2 is 1.75 bits per heavy atom. The van der Waals surface area contributed by atoms with Gasteiger partial charge in [-0.05, 0) is 35.5 Å². The topological polar surface area (TPSA) is 0 Å². The molecule has 16 heavy (non-hydrogen) atoms. The molecule has 0 bridgehead atoms. The first-order valence-corrected chi connectivity index (χ1v) is 6.48. The number of benzene rings is 1. The Bertz CT molecular complexity index is 328. The van der Waals surface area contributed by atoms with Gasteiger partial charge in [-0.1, -0.05) is 64.5 Å². The summed E-state index contributed by atoms with van der Waals surface area (Å²) < 4.78 is 0. The molecule has 0 atom stereocenters. The Balaban J connectivity index is 2.90. The van der Waals surface area contributed by atoms with E-state index in [-0.39, 0.29) is 0 Å². The average molecular weight is 216 g/mol. The largest absolute Gasteiger partial charge is 0.0807 e. The van der Waals surface area contributed by atoms with Crippen LogP contribution in [0.2, 0.25) is 0 Å². The van der Waals surface area contributed by atoms with E-state index in [9.17, 15) is 0 Å². The first kappa shape index (κ1) is 13.0. The van der Waals surface area contributed by atoms with Crippen molar-refractivity contribution in [3.63, 3.8) is 0 Å². The van der Waals surface area contributed by atoms with Crippen molar-refractivity contribution in [3.05, 3.63) is 41.5 Å². The van der Waals surface area contributed by atoms with Crippen molar-refractivity contribution in [2.45, 2.75) is 47.0 Å². The monoisotopic (exact) mass is 216 g/mol. The van der Waals surface area contributed by atoms with Gasteiger partial charge in [-0.3, -0.25) is 0 Å². The molecule has 0 amide bonds. The molecule has 0 fully saturated rings. The van der Waals surface area contributed by atoms with Crippen LogP contribution >= 0.6 is 0 Å². The molecule has 0 radical (unpaired) electrons. The van der Waals surface area contributed by atoms with Crippen LogP contribution in [0, 0.1) is 5.92 Å². The van der Waals surface area contributed by atoms with E-state index in [2.05, 4.69) is 58.0 Å². The van der Waals surface area contributed by atoms with Crippen LogP contribution < -0.4 is 0 Å². The third-order valence-corrected chi connectivity index (χ3v) is 2.87. The van der Waals surface area contributed by atoms with Gasteiger partial charge in [0.1, 0.15) is 0 Å². The lowest BCUT2D eigenvalue weighted by atomic mass is 9.93. The van der Waals surface area contributed by atoms with Gasteiger partial charge in [0.2, 0.25) is 0 Å². The van der Waals surface area contributed by atoms with Gasteiger partial charge in [-0.2, -0.15) is 0 Å². The molecule has 0 unspecified atom stereocenters. The molecule has 0 aliphatic rings. The Morgan fingerprint density at radius 3 is 2.19 bits per heavy atom. The van der Waals surface area contributed by atoms with E-state index in [0.29, 0.717) is 5.92 Å². The summed E-state index contributed by atoms with van der Waals surface area (Å²) in [6.07, 6.45) is 5.87. The summed E-state index contributed by atoms with van der Waals surface area (Å²) in [7, 11) is 0. The van der Waals surface area contributed by atoms with E-state index in [4.69, 9.17) is 0 Å². The van der Waals surface area contributed by atoms with E-state index in [1.165, 1.54) is 29.5 Å². The predicted octanol–water partition coefficient (Wildman–Crippen LogP) is 5.09. The highest BCUT2D eigenvalue weighted by molar-refractivity contribution is 5.67. The molecule has 1 aromatic rings. The Kier molecular flexibility index (Phi) is 5.31. The highest BCUT2D eigenvalue weighted by atomic mass is 14.1. The number of hydrogen-bond acceptors (Lipinski definition) is 0. The third-order valence-electron chi connectivity index (χ3n) is 2.87. The van der Waals surface area contributed by atoms with Crippen molar-refractivity contribution in [1.29, 1.82) is 0 Å². The molecule has 0 saturated heterocycles. The second-order valence-corrected chi connectivity index (χ2v) is 4.67. The number of aryl methyl sites for hydroxylation is 1. The average Bonchev–Trinajstić information content (AvgIpc) is 2.27. The molecular formula is C16H24. The number of rotatable bonds is 5. The Morgan fingerprint density at radius 1 is 1.12 bits per heavy atom. The molecule has 1 aromatic carbocycles. The summed E-state index contributed by atoms with van der Waals surface area (Å²) in [5.74, 6) is 0.608. The van der Waals surface area contributed by atoms with Gasteiger partial charge in [0.25, 0.3) is 0 Å². The summed E-state index contributed by atoms with van der Waals surface area (Å²) >= 11 is 0. The van der Waals surface area contributed by atoms with Crippen LogP contribution in [0.3, 0.4) is 0 Å². The molecule has 0 aliphatic heterocycles. The summed E-state index contributed by atoms with van der Waals surface area (Å²) in [4.78, 5) is 0. The smallest absolute Gasteiger partial charge is 0.0216 e. The highest BCUT2D eigenvalue weighted by Gasteiger charge is 2.05. The van der Waals surface area contributed by atoms with Crippen molar-refractivity contribution >= 4 is 5.57 Å². The molecule has 0 heterocycles. The lowest BCUT2D eigenvalue weighted by Gasteiger charge is -2.12. The Labute approximate surface area is 100 Å². The van der Waals surface area contributed by atoms with Crippen molar-refractivity contribution in [3.8, 4) is 0 Å². The van der Waals surface area contributed by atoms with Crippen LogP contribution in [0.25, 0.3) is 5.57 Å². The predicted molar refractivity (Wildman–Crippen MR) is 73.5 cm³/mol. The van der Waals surface area contributed by atoms with E-state index in [0.717, 1.165) is 6.42 Å².